The fourth-order valence-corrected chi connectivity index (χ4v) is 5.78. The molecule has 13 heteroatoms. The van der Waals surface area contributed by atoms with E-state index < -0.39 is 76.3 Å². The zero-order valence-corrected chi connectivity index (χ0v) is 21.9. The number of aromatic hydroxyl groups is 9. The summed E-state index contributed by atoms with van der Waals surface area (Å²) in [7, 11) is 0. The van der Waals surface area contributed by atoms with Gasteiger partial charge in [-0.15, -0.1) is 0 Å². The van der Waals surface area contributed by atoms with Crippen molar-refractivity contribution >= 4 is 0 Å². The highest BCUT2D eigenvalue weighted by molar-refractivity contribution is 5.66. The molecule has 6 rings (SSSR count). The van der Waals surface area contributed by atoms with E-state index >= 15 is 0 Å². The van der Waals surface area contributed by atoms with E-state index in [4.69, 9.17) is 9.47 Å². The lowest BCUT2D eigenvalue weighted by Crippen LogP contribution is -2.36. The number of rotatable bonds is 3. The molecule has 5 atom stereocenters. The van der Waals surface area contributed by atoms with E-state index in [1.807, 2.05) is 0 Å². The Morgan fingerprint density at radius 3 is 1.88 bits per heavy atom. The van der Waals surface area contributed by atoms with Crippen molar-refractivity contribution in [3.8, 4) is 63.2 Å². The van der Waals surface area contributed by atoms with Gasteiger partial charge in [0.25, 0.3) is 0 Å². The van der Waals surface area contributed by atoms with Crippen LogP contribution in [-0.4, -0.2) is 68.4 Å². The van der Waals surface area contributed by atoms with Crippen molar-refractivity contribution in [1.82, 2.24) is 0 Å². The Hall–Kier alpha value is -5.40. The van der Waals surface area contributed by atoms with Crippen molar-refractivity contribution in [2.24, 2.45) is 0 Å². The molecule has 0 bridgehead atoms. The fraction of sp³-hybridized carbons (Fsp3) is 0.200. The van der Waals surface area contributed by atoms with Gasteiger partial charge in [0.15, 0.2) is 41.0 Å². The highest BCUT2D eigenvalue weighted by Crippen LogP contribution is 2.57. The smallest absolute Gasteiger partial charge is 0.200 e. The minimum atomic E-state index is -1.64. The van der Waals surface area contributed by atoms with Crippen LogP contribution in [0.2, 0.25) is 0 Å². The molecule has 0 unspecified atom stereocenters. The number of hydrogen-bond acceptors (Lipinski definition) is 13. The van der Waals surface area contributed by atoms with Gasteiger partial charge in [-0.3, -0.25) is 0 Å². The molecule has 0 aliphatic carbocycles. The number of aliphatic hydroxyl groups excluding tert-OH is 2. The Bertz CT molecular complexity index is 1750. The third-order valence-electron chi connectivity index (χ3n) is 7.77. The van der Waals surface area contributed by atoms with Crippen LogP contribution in [0.4, 0.5) is 0 Å². The third-order valence-corrected chi connectivity index (χ3v) is 7.77. The van der Waals surface area contributed by atoms with Crippen LogP contribution < -0.4 is 9.47 Å². The minimum Gasteiger partial charge on any atom is -0.508 e. The Morgan fingerprint density at radius 1 is 0.558 bits per heavy atom. The molecule has 0 saturated heterocycles. The van der Waals surface area contributed by atoms with Gasteiger partial charge in [-0.1, -0.05) is 6.07 Å². The van der Waals surface area contributed by atoms with E-state index in [0.29, 0.717) is 0 Å². The van der Waals surface area contributed by atoms with Crippen LogP contribution in [0.3, 0.4) is 0 Å². The Labute approximate surface area is 242 Å². The molecule has 224 valence electrons. The summed E-state index contributed by atoms with van der Waals surface area (Å²) in [5.41, 5.74) is 0.0126. The first-order chi connectivity index (χ1) is 20.3. The average molecular weight is 595 g/mol. The molecule has 0 saturated carbocycles. The summed E-state index contributed by atoms with van der Waals surface area (Å²) < 4.78 is 12.0. The third kappa shape index (κ3) is 4.42. The summed E-state index contributed by atoms with van der Waals surface area (Å²) in [5.74, 6) is -6.77. The second kappa shape index (κ2) is 9.86. The van der Waals surface area contributed by atoms with Gasteiger partial charge < -0.3 is 65.6 Å². The van der Waals surface area contributed by atoms with E-state index in [2.05, 4.69) is 0 Å². The lowest BCUT2D eigenvalue weighted by molar-refractivity contribution is 0.00113. The van der Waals surface area contributed by atoms with Crippen molar-refractivity contribution in [2.75, 3.05) is 0 Å². The van der Waals surface area contributed by atoms with Crippen LogP contribution in [-0.2, 0) is 6.42 Å². The van der Waals surface area contributed by atoms with Gasteiger partial charge in [0.1, 0.15) is 40.6 Å². The topological polar surface area (TPSA) is 241 Å². The molecular weight excluding hydrogens is 568 g/mol. The molecule has 43 heavy (non-hydrogen) atoms. The fourth-order valence-electron chi connectivity index (χ4n) is 5.78. The van der Waals surface area contributed by atoms with Gasteiger partial charge in [0.05, 0.1) is 12.0 Å². The summed E-state index contributed by atoms with van der Waals surface area (Å²) in [4.78, 5) is 0. The Balaban J connectivity index is 1.56. The predicted molar refractivity (Wildman–Crippen MR) is 145 cm³/mol. The molecule has 0 radical (unpaired) electrons. The number of hydrogen-bond donors (Lipinski definition) is 11. The molecular formula is C30H26O13. The van der Waals surface area contributed by atoms with Crippen molar-refractivity contribution in [3.05, 3.63) is 76.3 Å². The molecule has 2 aliphatic rings. The molecule has 4 aromatic rings. The number of ether oxygens (including phenoxy) is 2. The zero-order chi connectivity index (χ0) is 30.9. The van der Waals surface area contributed by atoms with Crippen LogP contribution in [0.1, 0.15) is 45.9 Å². The van der Waals surface area contributed by atoms with E-state index in [-0.39, 0.29) is 51.5 Å². The number of phenolic OH excluding ortho intramolecular Hbond substituents is 9. The average Bonchev–Trinajstić information content (AvgIpc) is 2.94. The van der Waals surface area contributed by atoms with Crippen LogP contribution >= 0.6 is 0 Å². The Kier molecular flexibility index (Phi) is 6.36. The normalized spacial score (nSPS) is 22.6. The van der Waals surface area contributed by atoms with E-state index in [9.17, 15) is 56.2 Å². The number of fused-ring (bicyclic) bond motifs is 2. The van der Waals surface area contributed by atoms with Crippen molar-refractivity contribution in [2.45, 2.75) is 36.8 Å². The number of benzene rings is 4. The van der Waals surface area contributed by atoms with Crippen LogP contribution in [0.5, 0.6) is 63.2 Å². The van der Waals surface area contributed by atoms with Crippen LogP contribution in [0.25, 0.3) is 0 Å². The monoisotopic (exact) mass is 594 g/mol. The summed E-state index contributed by atoms with van der Waals surface area (Å²) >= 11 is 0. The van der Waals surface area contributed by atoms with Gasteiger partial charge >= 0.3 is 0 Å². The number of phenols is 9. The quantitative estimate of drug-likeness (QED) is 0.153. The van der Waals surface area contributed by atoms with Crippen molar-refractivity contribution in [1.29, 1.82) is 0 Å². The Morgan fingerprint density at radius 2 is 1.21 bits per heavy atom. The lowest BCUT2D eigenvalue weighted by atomic mass is 9.77. The maximum Gasteiger partial charge on any atom is 0.200 e. The van der Waals surface area contributed by atoms with Gasteiger partial charge in [0.2, 0.25) is 0 Å². The molecule has 0 aromatic heterocycles. The predicted octanol–water partition coefficient (Wildman–Crippen LogP) is 2.70. The molecule has 0 amide bonds. The largest absolute Gasteiger partial charge is 0.508 e. The van der Waals surface area contributed by atoms with Gasteiger partial charge in [-0.2, -0.15) is 0 Å². The molecule has 4 aromatic carbocycles. The van der Waals surface area contributed by atoms with Gasteiger partial charge in [-0.25, -0.2) is 0 Å². The molecule has 13 nitrogen and oxygen atoms in total. The zero-order valence-electron chi connectivity index (χ0n) is 21.9. The SMILES string of the molecule is Oc1cc(O)c2c(c1)O[C@@H](c1ccc(O)c(O)c1)[C@H](O)[C@@H]2c1c(O)cc(O)c2c1O[C@H](c1cc(O)c(O)c(O)c1)[C@H](O)C2. The van der Waals surface area contributed by atoms with Crippen molar-refractivity contribution in [3.63, 3.8) is 0 Å². The maximum absolute atomic E-state index is 11.8. The molecule has 0 fully saturated rings. The first-order valence-corrected chi connectivity index (χ1v) is 12.9. The minimum absolute atomic E-state index is 0.0258. The summed E-state index contributed by atoms with van der Waals surface area (Å²) in [6.45, 7) is 0. The van der Waals surface area contributed by atoms with E-state index in [1.54, 1.807) is 0 Å². The van der Waals surface area contributed by atoms with Crippen molar-refractivity contribution < 1.29 is 65.6 Å². The molecule has 0 spiro atoms. The van der Waals surface area contributed by atoms with E-state index in [1.165, 1.54) is 18.2 Å². The molecule has 11 N–H and O–H groups in total. The first kappa shape index (κ1) is 27.8. The van der Waals surface area contributed by atoms with Gasteiger partial charge in [-0.05, 0) is 29.8 Å². The number of aliphatic hydroxyl groups is 2. The second-order valence-corrected chi connectivity index (χ2v) is 10.5. The molecule has 2 aliphatic heterocycles. The maximum atomic E-state index is 11.8. The van der Waals surface area contributed by atoms with E-state index in [0.717, 1.165) is 30.3 Å². The van der Waals surface area contributed by atoms with Crippen LogP contribution in [0, 0.1) is 0 Å². The molecule has 2 heterocycles. The first-order valence-electron chi connectivity index (χ1n) is 12.9. The summed E-state index contributed by atoms with van der Waals surface area (Å²) in [5, 5.41) is 116. The van der Waals surface area contributed by atoms with Gasteiger partial charge in [0, 0.05) is 46.9 Å². The standard InChI is InChI=1S/C30H26O13/c31-12-6-17(35)23-22(7-12)42-29(10-1-2-14(32)16(34)3-10)27(41)25(23)24-18(36)9-15(33)13-8-21(39)28(43-30(13)24)11-4-19(37)26(40)20(38)5-11/h1-7,9,21,25,27-29,31-41H,8H2/t21-,25+,27-,28-,29+/m1/s1. The lowest BCUT2D eigenvalue weighted by Gasteiger charge is -2.40. The second-order valence-electron chi connectivity index (χ2n) is 10.5. The highest BCUT2D eigenvalue weighted by atomic mass is 16.5. The summed E-state index contributed by atoms with van der Waals surface area (Å²) in [6, 6.07) is 8.92. The highest BCUT2D eigenvalue weighted by Gasteiger charge is 2.46. The van der Waals surface area contributed by atoms with Crippen LogP contribution in [0.15, 0.2) is 48.5 Å². The summed E-state index contributed by atoms with van der Waals surface area (Å²) in [6.07, 6.45) is -5.87.